The maximum atomic E-state index is 11.8. The van der Waals surface area contributed by atoms with E-state index < -0.39 is 12.1 Å². The van der Waals surface area contributed by atoms with Crippen molar-refractivity contribution in [3.63, 3.8) is 0 Å². The van der Waals surface area contributed by atoms with Gasteiger partial charge in [-0.05, 0) is 64.4 Å². The molecule has 0 bridgehead atoms. The molecule has 0 spiro atoms. The largest absolute Gasteiger partial charge is 0.508 e. The molecule has 0 fully saturated rings. The molecule has 226 valence electrons. The van der Waals surface area contributed by atoms with Gasteiger partial charge in [-0.2, -0.15) is 0 Å². The highest BCUT2D eigenvalue weighted by Gasteiger charge is 2.14. The van der Waals surface area contributed by atoms with E-state index in [9.17, 15) is 14.7 Å². The zero-order valence-corrected chi connectivity index (χ0v) is 24.6. The Kier molecular flexibility index (Phi) is 18.3. The average Bonchev–Trinajstić information content (AvgIpc) is 3.42. The van der Waals surface area contributed by atoms with Gasteiger partial charge in [0.05, 0.1) is 6.04 Å². The topological polar surface area (TPSA) is 166 Å². The normalized spacial score (nSPS) is 12.5. The molecule has 2 rings (SSSR count). The summed E-state index contributed by atoms with van der Waals surface area (Å²) in [5.41, 5.74) is 12.6. The molecule has 0 radical (unpaired) electrons. The molecule has 0 aliphatic rings. The molecular weight excluding hydrogens is 510 g/mol. The van der Waals surface area contributed by atoms with E-state index in [0.29, 0.717) is 26.1 Å². The fraction of sp³-hybridized carbons (Fsp3) is 0.571. The standard InChI is InChI=1S/C15H26N4O2.C13H25N5O/c1-19(2)10-9-17-7-8-18-15(21)14(16)11-12-3-5-13(20)6-4-12;1-17(2)10-7-15-5-6-16-13(19)12(14)11-18-8-3-4-9-18/h3-6,14,17,20H,7-11,16H2,1-2H3,(H,18,21);3-4,8-9,12,15H,5-7,10-11,14H2,1-2H3,(H,16,19). The van der Waals surface area contributed by atoms with Crippen molar-refractivity contribution in [3.8, 4) is 5.75 Å². The fourth-order valence-corrected chi connectivity index (χ4v) is 3.45. The molecule has 1 aromatic heterocycles. The Labute approximate surface area is 239 Å². The summed E-state index contributed by atoms with van der Waals surface area (Å²) in [6.07, 6.45) is 4.26. The number of likely N-dealkylation sites (N-methyl/N-ethyl adjacent to an activating group) is 2. The number of benzene rings is 1. The Hall–Kier alpha value is -3.00. The summed E-state index contributed by atoms with van der Waals surface area (Å²) >= 11 is 0. The fourth-order valence-electron chi connectivity index (χ4n) is 3.45. The zero-order valence-electron chi connectivity index (χ0n) is 24.6. The van der Waals surface area contributed by atoms with Crippen LogP contribution < -0.4 is 32.7 Å². The summed E-state index contributed by atoms with van der Waals surface area (Å²) in [7, 11) is 8.10. The number of carbonyl (C=O) groups excluding carboxylic acids is 2. The molecule has 2 amide bonds. The van der Waals surface area contributed by atoms with Crippen LogP contribution in [0.3, 0.4) is 0 Å². The number of aromatic nitrogens is 1. The molecule has 0 saturated heterocycles. The van der Waals surface area contributed by atoms with Gasteiger partial charge in [0.25, 0.3) is 0 Å². The number of phenolic OH excluding ortho intramolecular Hbond substituents is 1. The van der Waals surface area contributed by atoms with Crippen LogP contribution in [0.2, 0.25) is 0 Å². The SMILES string of the molecule is CN(C)CCNCCNC(=O)C(N)Cc1ccc(O)cc1.CN(C)CCNCCNC(=O)C(N)Cn1cccc1. The highest BCUT2D eigenvalue weighted by Crippen LogP contribution is 2.10. The predicted molar refractivity (Wildman–Crippen MR) is 161 cm³/mol. The first-order chi connectivity index (χ1) is 19.1. The van der Waals surface area contributed by atoms with Crippen LogP contribution in [0.15, 0.2) is 48.8 Å². The lowest BCUT2D eigenvalue weighted by molar-refractivity contribution is -0.123. The molecular formula is C28H51N9O3. The minimum Gasteiger partial charge on any atom is -0.508 e. The number of nitrogens with one attached hydrogen (secondary N) is 4. The van der Waals surface area contributed by atoms with Crippen molar-refractivity contribution in [3.05, 3.63) is 54.4 Å². The number of rotatable bonds is 18. The molecule has 0 aliphatic heterocycles. The van der Waals surface area contributed by atoms with Gasteiger partial charge < -0.3 is 52.2 Å². The molecule has 9 N–H and O–H groups in total. The highest BCUT2D eigenvalue weighted by atomic mass is 16.3. The van der Waals surface area contributed by atoms with Gasteiger partial charge in [-0.15, -0.1) is 0 Å². The van der Waals surface area contributed by atoms with Gasteiger partial charge in [0, 0.05) is 71.3 Å². The molecule has 0 aliphatic carbocycles. The van der Waals surface area contributed by atoms with Crippen LogP contribution in [0.4, 0.5) is 0 Å². The zero-order chi connectivity index (χ0) is 29.8. The molecule has 2 aromatic rings. The maximum Gasteiger partial charge on any atom is 0.238 e. The quantitative estimate of drug-likeness (QED) is 0.109. The molecule has 1 heterocycles. The van der Waals surface area contributed by atoms with Crippen molar-refractivity contribution in [2.45, 2.75) is 25.0 Å². The van der Waals surface area contributed by atoms with Crippen molar-refractivity contribution in [1.29, 1.82) is 0 Å². The van der Waals surface area contributed by atoms with Crippen molar-refractivity contribution in [2.75, 3.05) is 80.5 Å². The van der Waals surface area contributed by atoms with Gasteiger partial charge in [-0.1, -0.05) is 12.1 Å². The molecule has 1 aromatic carbocycles. The van der Waals surface area contributed by atoms with Crippen LogP contribution in [0.25, 0.3) is 0 Å². The van der Waals surface area contributed by atoms with Gasteiger partial charge in [-0.3, -0.25) is 9.59 Å². The Morgan fingerprint density at radius 2 is 1.25 bits per heavy atom. The highest BCUT2D eigenvalue weighted by molar-refractivity contribution is 5.82. The van der Waals surface area contributed by atoms with E-state index >= 15 is 0 Å². The minimum absolute atomic E-state index is 0.108. The number of nitrogens with zero attached hydrogens (tertiary/aromatic N) is 3. The first-order valence-corrected chi connectivity index (χ1v) is 13.7. The summed E-state index contributed by atoms with van der Waals surface area (Å²) < 4.78 is 1.90. The van der Waals surface area contributed by atoms with Crippen LogP contribution >= 0.6 is 0 Å². The van der Waals surface area contributed by atoms with E-state index in [1.165, 1.54) is 0 Å². The predicted octanol–water partition coefficient (Wildman–Crippen LogP) is -1.39. The Bertz CT molecular complexity index is 922. The molecule has 12 nitrogen and oxygen atoms in total. The van der Waals surface area contributed by atoms with Gasteiger partial charge in [0.1, 0.15) is 11.8 Å². The third-order valence-corrected chi connectivity index (χ3v) is 5.81. The van der Waals surface area contributed by atoms with Crippen LogP contribution in [-0.2, 0) is 22.6 Å². The van der Waals surface area contributed by atoms with E-state index in [4.69, 9.17) is 11.5 Å². The Balaban J connectivity index is 0.000000402. The summed E-state index contributed by atoms with van der Waals surface area (Å²) in [4.78, 5) is 27.8. The summed E-state index contributed by atoms with van der Waals surface area (Å²) in [5.74, 6) is -0.0545. The molecule has 40 heavy (non-hydrogen) atoms. The summed E-state index contributed by atoms with van der Waals surface area (Å²) in [6.45, 7) is 6.92. The van der Waals surface area contributed by atoms with Crippen molar-refractivity contribution < 1.29 is 14.7 Å². The lowest BCUT2D eigenvalue weighted by Gasteiger charge is -2.14. The van der Waals surface area contributed by atoms with Crippen molar-refractivity contribution >= 4 is 11.8 Å². The van der Waals surface area contributed by atoms with Gasteiger partial charge in [0.15, 0.2) is 0 Å². The van der Waals surface area contributed by atoms with Crippen LogP contribution in [0.5, 0.6) is 5.75 Å². The molecule has 2 atom stereocenters. The minimum atomic E-state index is -0.573. The average molecular weight is 562 g/mol. The lowest BCUT2D eigenvalue weighted by atomic mass is 10.1. The summed E-state index contributed by atoms with van der Waals surface area (Å²) in [5, 5.41) is 21.3. The van der Waals surface area contributed by atoms with E-state index in [1.807, 2.05) is 57.3 Å². The van der Waals surface area contributed by atoms with Crippen LogP contribution in [0.1, 0.15) is 5.56 Å². The number of phenols is 1. The van der Waals surface area contributed by atoms with E-state index in [1.54, 1.807) is 24.3 Å². The maximum absolute atomic E-state index is 11.8. The number of amides is 2. The molecule has 2 unspecified atom stereocenters. The van der Waals surface area contributed by atoms with E-state index in [2.05, 4.69) is 31.1 Å². The monoisotopic (exact) mass is 561 g/mol. The molecule has 12 heteroatoms. The van der Waals surface area contributed by atoms with Crippen LogP contribution in [-0.4, -0.2) is 124 Å². The second-order valence-corrected chi connectivity index (χ2v) is 10.2. The first kappa shape index (κ1) is 35.0. The third-order valence-electron chi connectivity index (χ3n) is 5.81. The van der Waals surface area contributed by atoms with Gasteiger partial charge in [-0.25, -0.2) is 0 Å². The van der Waals surface area contributed by atoms with Crippen molar-refractivity contribution in [2.24, 2.45) is 11.5 Å². The van der Waals surface area contributed by atoms with E-state index in [0.717, 1.165) is 44.8 Å². The number of hydrogen-bond donors (Lipinski definition) is 7. The molecule has 0 saturated carbocycles. The Morgan fingerprint density at radius 1 is 0.775 bits per heavy atom. The number of hydrogen-bond acceptors (Lipinski definition) is 9. The first-order valence-electron chi connectivity index (χ1n) is 13.7. The summed E-state index contributed by atoms with van der Waals surface area (Å²) in [6, 6.07) is 9.48. The van der Waals surface area contributed by atoms with Crippen LogP contribution in [0, 0.1) is 0 Å². The van der Waals surface area contributed by atoms with E-state index in [-0.39, 0.29) is 17.6 Å². The number of aromatic hydroxyl groups is 1. The third kappa shape index (κ3) is 17.6. The van der Waals surface area contributed by atoms with Gasteiger partial charge >= 0.3 is 0 Å². The van der Waals surface area contributed by atoms with Crippen molar-refractivity contribution in [1.82, 2.24) is 35.6 Å². The smallest absolute Gasteiger partial charge is 0.238 e. The second-order valence-electron chi connectivity index (χ2n) is 10.2. The number of carbonyl (C=O) groups is 2. The second kappa shape index (κ2) is 20.8. The van der Waals surface area contributed by atoms with Gasteiger partial charge in [0.2, 0.25) is 11.8 Å². The lowest BCUT2D eigenvalue weighted by Crippen LogP contribution is -2.45. The Morgan fingerprint density at radius 3 is 1.73 bits per heavy atom. The number of nitrogens with two attached hydrogens (primary N) is 2.